The first-order valence-corrected chi connectivity index (χ1v) is 18.0. The van der Waals surface area contributed by atoms with E-state index >= 15 is 0 Å². The van der Waals surface area contributed by atoms with Crippen LogP contribution in [0.2, 0.25) is 0 Å². The van der Waals surface area contributed by atoms with Gasteiger partial charge in [-0.15, -0.1) is 0 Å². The fourth-order valence-corrected chi connectivity index (χ4v) is 8.07. The molecule has 49 heavy (non-hydrogen) atoms. The number of aromatic nitrogens is 3. The number of likely N-dealkylation sites (tertiary alicyclic amines) is 2. The van der Waals surface area contributed by atoms with Crippen molar-refractivity contribution >= 4 is 28.9 Å². The van der Waals surface area contributed by atoms with Crippen LogP contribution in [0.4, 0.5) is 23.0 Å². The van der Waals surface area contributed by atoms with Gasteiger partial charge in [-0.3, -0.25) is 14.7 Å². The molecule has 4 saturated heterocycles. The maximum absolute atomic E-state index is 12.8. The van der Waals surface area contributed by atoms with Gasteiger partial charge in [0.05, 0.1) is 7.11 Å². The highest BCUT2D eigenvalue weighted by atomic mass is 16.5. The third-order valence-electron chi connectivity index (χ3n) is 11.1. The van der Waals surface area contributed by atoms with Gasteiger partial charge in [0.2, 0.25) is 0 Å². The zero-order valence-electron chi connectivity index (χ0n) is 29.2. The Morgan fingerprint density at radius 1 is 1.02 bits per heavy atom. The molecule has 4 aliphatic rings. The van der Waals surface area contributed by atoms with Gasteiger partial charge in [-0.2, -0.15) is 0 Å². The van der Waals surface area contributed by atoms with Crippen LogP contribution in [0, 0.1) is 5.41 Å². The predicted octanol–water partition coefficient (Wildman–Crippen LogP) is 4.54. The summed E-state index contributed by atoms with van der Waals surface area (Å²) in [4.78, 5) is 34.8. The number of rotatable bonds is 10. The Morgan fingerprint density at radius 2 is 1.78 bits per heavy atom. The van der Waals surface area contributed by atoms with Crippen LogP contribution in [0.15, 0.2) is 36.5 Å². The van der Waals surface area contributed by atoms with Crippen LogP contribution < -0.4 is 26.0 Å². The van der Waals surface area contributed by atoms with Gasteiger partial charge in [0.1, 0.15) is 17.1 Å². The summed E-state index contributed by atoms with van der Waals surface area (Å²) >= 11 is 0. The molecule has 4 fully saturated rings. The Morgan fingerprint density at radius 3 is 2.47 bits per heavy atom. The summed E-state index contributed by atoms with van der Waals surface area (Å²) in [5.41, 5.74) is 10.8. The van der Waals surface area contributed by atoms with Gasteiger partial charge in [-0.05, 0) is 106 Å². The van der Waals surface area contributed by atoms with Gasteiger partial charge in [0, 0.05) is 69.0 Å². The lowest BCUT2D eigenvalue weighted by Crippen LogP contribution is -2.63. The maximum Gasteiger partial charge on any atom is 0.271 e. The Kier molecular flexibility index (Phi) is 9.89. The molecule has 0 bridgehead atoms. The molecule has 0 aliphatic carbocycles. The first-order chi connectivity index (χ1) is 23.8. The van der Waals surface area contributed by atoms with Gasteiger partial charge >= 0.3 is 0 Å². The maximum atomic E-state index is 12.8. The molecule has 7 rings (SSSR count). The van der Waals surface area contributed by atoms with Crippen molar-refractivity contribution in [3.05, 3.63) is 47.8 Å². The van der Waals surface area contributed by atoms with Crippen molar-refractivity contribution in [1.29, 1.82) is 0 Å². The molecule has 12 heteroatoms. The lowest BCUT2D eigenvalue weighted by molar-refractivity contribution is -0.0704. The lowest BCUT2D eigenvalue weighted by atomic mass is 9.71. The number of hydrogen-bond acceptors (Lipinski definition) is 11. The molecular formula is C37H51N9O3. The van der Waals surface area contributed by atoms with Crippen molar-refractivity contribution in [2.75, 3.05) is 82.2 Å². The van der Waals surface area contributed by atoms with E-state index in [-0.39, 0.29) is 11.7 Å². The van der Waals surface area contributed by atoms with Gasteiger partial charge in [-0.25, -0.2) is 9.97 Å². The number of ether oxygens (including phenoxy) is 2. The normalized spacial score (nSPS) is 20.6. The van der Waals surface area contributed by atoms with Crippen LogP contribution in [-0.4, -0.2) is 109 Å². The van der Waals surface area contributed by atoms with Crippen LogP contribution >= 0.6 is 0 Å². The van der Waals surface area contributed by atoms with E-state index in [0.717, 1.165) is 38.0 Å². The second-order valence-electron chi connectivity index (χ2n) is 14.3. The minimum atomic E-state index is -0.678. The van der Waals surface area contributed by atoms with Crippen molar-refractivity contribution in [3.8, 4) is 17.1 Å². The number of aryl methyl sites for hydroxylation is 1. The minimum Gasteiger partial charge on any atom is -0.494 e. The SMILES string of the molecule is CCc1cc(Nc2nc(NC3CCOCC3)c(-c3ncccc3OC)nc2C(N)=O)ccc1N1CCC(N2CC3(CCN(C)CC3)C2)CC1. The van der Waals surface area contributed by atoms with Crippen molar-refractivity contribution in [2.45, 2.75) is 64.0 Å². The molecule has 6 heterocycles. The summed E-state index contributed by atoms with van der Waals surface area (Å²) < 4.78 is 11.2. The standard InChI is InChI=1S/C37H51N9O3/c1-4-25-22-27(7-8-29(25)45-16-9-28(10-17-45)46-23-37(24-46)13-18-44(2)19-14-37)41-36-33(34(38)47)42-32(31-30(48-3)6-5-15-39-31)35(43-36)40-26-11-20-49-21-12-26/h5-8,15,22,26,28H,4,9-14,16-21,23-24H2,1-3H3,(H2,38,47)(H2,40,41,43). The van der Waals surface area contributed by atoms with E-state index in [2.05, 4.69) is 62.5 Å². The summed E-state index contributed by atoms with van der Waals surface area (Å²) in [6, 6.07) is 10.9. The third-order valence-corrected chi connectivity index (χ3v) is 11.1. The number of nitrogens with one attached hydrogen (secondary N) is 2. The van der Waals surface area contributed by atoms with Crippen LogP contribution in [0.25, 0.3) is 11.4 Å². The second kappa shape index (κ2) is 14.5. The number of benzene rings is 1. The Balaban J connectivity index is 1.09. The summed E-state index contributed by atoms with van der Waals surface area (Å²) in [6.07, 6.45) is 9.31. The average Bonchev–Trinajstić information content (AvgIpc) is 3.11. The number of nitrogens with two attached hydrogens (primary N) is 1. The van der Waals surface area contributed by atoms with Crippen molar-refractivity contribution in [1.82, 2.24) is 24.8 Å². The number of carbonyl (C=O) groups excluding carboxylic acids is 1. The number of piperidine rings is 2. The number of primary amides is 1. The van der Waals surface area contributed by atoms with Crippen LogP contribution in [0.3, 0.4) is 0 Å². The first-order valence-electron chi connectivity index (χ1n) is 18.0. The average molecular weight is 670 g/mol. The first kappa shape index (κ1) is 33.5. The fraction of sp³-hybridized carbons (Fsp3) is 0.568. The molecule has 1 aromatic carbocycles. The van der Waals surface area contributed by atoms with Crippen LogP contribution in [0.1, 0.15) is 61.5 Å². The largest absolute Gasteiger partial charge is 0.494 e. The molecule has 3 aromatic rings. The Labute approximate surface area is 289 Å². The number of amides is 1. The summed E-state index contributed by atoms with van der Waals surface area (Å²) in [7, 11) is 3.83. The van der Waals surface area contributed by atoms with Gasteiger partial charge < -0.3 is 35.6 Å². The fourth-order valence-electron chi connectivity index (χ4n) is 8.07. The molecule has 1 amide bonds. The number of carbonyl (C=O) groups is 1. The van der Waals surface area contributed by atoms with E-state index in [1.54, 1.807) is 19.4 Å². The molecule has 4 N–H and O–H groups in total. The molecule has 1 spiro atoms. The van der Waals surface area contributed by atoms with E-state index in [4.69, 9.17) is 25.2 Å². The zero-order valence-corrected chi connectivity index (χ0v) is 29.2. The highest BCUT2D eigenvalue weighted by Crippen LogP contribution is 2.43. The molecule has 0 atom stereocenters. The highest BCUT2D eigenvalue weighted by molar-refractivity contribution is 5.97. The van der Waals surface area contributed by atoms with Crippen LogP contribution in [0.5, 0.6) is 5.75 Å². The van der Waals surface area contributed by atoms with E-state index in [0.29, 0.717) is 53.4 Å². The Hall–Kier alpha value is -4.00. The van der Waals surface area contributed by atoms with E-state index in [1.807, 2.05) is 6.07 Å². The van der Waals surface area contributed by atoms with E-state index < -0.39 is 5.91 Å². The Bertz CT molecular complexity index is 1620. The minimum absolute atomic E-state index is 0.0393. The van der Waals surface area contributed by atoms with Crippen molar-refractivity contribution < 1.29 is 14.3 Å². The molecule has 0 saturated carbocycles. The zero-order chi connectivity index (χ0) is 34.0. The quantitative estimate of drug-likeness (QED) is 0.281. The topological polar surface area (TPSA) is 134 Å². The second-order valence-corrected chi connectivity index (χ2v) is 14.3. The van der Waals surface area contributed by atoms with Gasteiger partial charge in [0.25, 0.3) is 5.91 Å². The number of methoxy groups -OCH3 is 1. The number of hydrogen-bond donors (Lipinski definition) is 3. The molecule has 2 aromatic heterocycles. The third kappa shape index (κ3) is 7.18. The van der Waals surface area contributed by atoms with Crippen molar-refractivity contribution in [2.24, 2.45) is 11.1 Å². The van der Waals surface area contributed by atoms with Crippen molar-refractivity contribution in [3.63, 3.8) is 0 Å². The number of nitrogens with zero attached hydrogens (tertiary/aromatic N) is 6. The smallest absolute Gasteiger partial charge is 0.271 e. The van der Waals surface area contributed by atoms with Gasteiger partial charge in [0.15, 0.2) is 17.3 Å². The highest BCUT2D eigenvalue weighted by Gasteiger charge is 2.46. The number of pyridine rings is 1. The predicted molar refractivity (Wildman–Crippen MR) is 193 cm³/mol. The van der Waals surface area contributed by atoms with E-state index in [9.17, 15) is 4.79 Å². The lowest BCUT2D eigenvalue weighted by Gasteiger charge is -2.57. The molecular weight excluding hydrogens is 618 g/mol. The molecule has 0 radical (unpaired) electrons. The molecule has 12 nitrogen and oxygen atoms in total. The summed E-state index contributed by atoms with van der Waals surface area (Å²) in [5, 5.41) is 6.94. The molecule has 4 aliphatic heterocycles. The molecule has 0 unspecified atom stereocenters. The van der Waals surface area contributed by atoms with Gasteiger partial charge in [-0.1, -0.05) is 6.92 Å². The van der Waals surface area contributed by atoms with Crippen LogP contribution in [-0.2, 0) is 11.2 Å². The summed E-state index contributed by atoms with van der Waals surface area (Å²) in [5.74, 6) is 0.660. The monoisotopic (exact) mass is 669 g/mol. The van der Waals surface area contributed by atoms with E-state index in [1.165, 1.54) is 63.1 Å². The molecule has 262 valence electrons. The summed E-state index contributed by atoms with van der Waals surface area (Å²) in [6.45, 7) is 10.7. The number of anilines is 4.